The Labute approximate surface area is 122 Å². The van der Waals surface area contributed by atoms with Crippen LogP contribution >= 0.6 is 0 Å². The van der Waals surface area contributed by atoms with Crippen molar-refractivity contribution in [1.82, 2.24) is 5.32 Å². The number of benzene rings is 1. The molecule has 1 rings (SSSR count). The van der Waals surface area contributed by atoms with Crippen LogP contribution in [0.4, 0.5) is 10.1 Å². The highest BCUT2D eigenvalue weighted by Crippen LogP contribution is 2.24. The van der Waals surface area contributed by atoms with Gasteiger partial charge in [-0.15, -0.1) is 0 Å². The second-order valence-electron chi connectivity index (χ2n) is 5.59. The predicted octanol–water partition coefficient (Wildman–Crippen LogP) is 3.18. The lowest BCUT2D eigenvalue weighted by Gasteiger charge is -2.31. The topological polar surface area (TPSA) is 24.5 Å². The Morgan fingerprint density at radius 3 is 2.50 bits per heavy atom. The van der Waals surface area contributed by atoms with Crippen LogP contribution in [-0.2, 0) is 11.3 Å². The third kappa shape index (κ3) is 5.10. The van der Waals surface area contributed by atoms with E-state index >= 15 is 0 Å². The summed E-state index contributed by atoms with van der Waals surface area (Å²) in [6.45, 7) is 10.6. The largest absolute Gasteiger partial charge is 0.383 e. The van der Waals surface area contributed by atoms with E-state index in [0.717, 1.165) is 17.8 Å². The fourth-order valence-corrected chi connectivity index (χ4v) is 2.14. The Morgan fingerprint density at radius 1 is 1.25 bits per heavy atom. The van der Waals surface area contributed by atoms with Gasteiger partial charge in [-0.05, 0) is 37.6 Å². The molecule has 0 radical (unpaired) electrons. The van der Waals surface area contributed by atoms with Gasteiger partial charge >= 0.3 is 0 Å². The number of ether oxygens (including phenoxy) is 1. The van der Waals surface area contributed by atoms with Crippen molar-refractivity contribution >= 4 is 5.69 Å². The number of methoxy groups -OCH3 is 1. The lowest BCUT2D eigenvalue weighted by atomic mass is 10.1. The van der Waals surface area contributed by atoms with Gasteiger partial charge in [0.15, 0.2) is 0 Å². The first kappa shape index (κ1) is 16.9. The van der Waals surface area contributed by atoms with E-state index in [1.165, 1.54) is 6.07 Å². The predicted molar refractivity (Wildman–Crippen MR) is 82.7 cm³/mol. The lowest BCUT2D eigenvalue weighted by molar-refractivity contribution is 0.203. The fraction of sp³-hybridized carbons (Fsp3) is 0.625. The summed E-state index contributed by atoms with van der Waals surface area (Å²) in [6.07, 6.45) is 0. The summed E-state index contributed by atoms with van der Waals surface area (Å²) in [6, 6.07) is 5.72. The Kier molecular flexibility index (Phi) is 6.96. The molecule has 0 fully saturated rings. The van der Waals surface area contributed by atoms with Crippen LogP contribution in [-0.4, -0.2) is 32.3 Å². The van der Waals surface area contributed by atoms with E-state index in [1.54, 1.807) is 13.2 Å². The van der Waals surface area contributed by atoms with Crippen molar-refractivity contribution in [3.05, 3.63) is 29.6 Å². The summed E-state index contributed by atoms with van der Waals surface area (Å²) < 4.78 is 18.7. The molecule has 4 heteroatoms. The van der Waals surface area contributed by atoms with Gasteiger partial charge in [0.2, 0.25) is 0 Å². The minimum atomic E-state index is -0.190. The van der Waals surface area contributed by atoms with Crippen molar-refractivity contribution in [2.45, 2.75) is 46.3 Å². The van der Waals surface area contributed by atoms with E-state index in [1.807, 2.05) is 6.07 Å². The first-order valence-electron chi connectivity index (χ1n) is 7.23. The molecular formula is C16H27FN2O. The molecule has 20 heavy (non-hydrogen) atoms. The average Bonchev–Trinajstić information content (AvgIpc) is 2.38. The average molecular weight is 282 g/mol. The molecule has 3 nitrogen and oxygen atoms in total. The maximum atomic E-state index is 13.5. The Morgan fingerprint density at radius 2 is 1.95 bits per heavy atom. The van der Waals surface area contributed by atoms with Gasteiger partial charge in [0.25, 0.3) is 0 Å². The van der Waals surface area contributed by atoms with E-state index < -0.39 is 0 Å². The number of halogens is 1. The molecule has 0 aliphatic carbocycles. The van der Waals surface area contributed by atoms with Crippen molar-refractivity contribution in [3.8, 4) is 0 Å². The van der Waals surface area contributed by atoms with Crippen molar-refractivity contribution in [1.29, 1.82) is 0 Å². The maximum Gasteiger partial charge on any atom is 0.123 e. The third-order valence-corrected chi connectivity index (χ3v) is 3.21. The van der Waals surface area contributed by atoms with Crippen LogP contribution in [0.15, 0.2) is 18.2 Å². The van der Waals surface area contributed by atoms with Crippen LogP contribution in [0.5, 0.6) is 0 Å². The molecule has 0 heterocycles. The zero-order valence-electron chi connectivity index (χ0n) is 13.2. The van der Waals surface area contributed by atoms with Crippen molar-refractivity contribution in [3.63, 3.8) is 0 Å². The van der Waals surface area contributed by atoms with Gasteiger partial charge < -0.3 is 15.0 Å². The van der Waals surface area contributed by atoms with E-state index in [2.05, 4.69) is 37.9 Å². The van der Waals surface area contributed by atoms with Gasteiger partial charge in [-0.2, -0.15) is 0 Å². The molecule has 0 amide bonds. The minimum absolute atomic E-state index is 0.190. The van der Waals surface area contributed by atoms with E-state index in [0.29, 0.717) is 25.2 Å². The molecule has 0 saturated carbocycles. The zero-order valence-corrected chi connectivity index (χ0v) is 13.2. The van der Waals surface area contributed by atoms with Gasteiger partial charge in [0.05, 0.1) is 6.61 Å². The normalized spacial score (nSPS) is 11.4. The molecule has 0 aliphatic rings. The van der Waals surface area contributed by atoms with Crippen LogP contribution in [0.25, 0.3) is 0 Å². The van der Waals surface area contributed by atoms with E-state index in [-0.39, 0.29) is 5.82 Å². The first-order chi connectivity index (χ1) is 9.45. The number of hydrogen-bond donors (Lipinski definition) is 1. The summed E-state index contributed by atoms with van der Waals surface area (Å²) in [5.74, 6) is -0.190. The number of anilines is 1. The highest BCUT2D eigenvalue weighted by molar-refractivity contribution is 5.54. The summed E-state index contributed by atoms with van der Waals surface area (Å²) in [5, 5.41) is 3.35. The number of rotatable bonds is 8. The van der Waals surface area contributed by atoms with Gasteiger partial charge in [0, 0.05) is 38.0 Å². The Bertz CT molecular complexity index is 407. The molecule has 0 unspecified atom stereocenters. The zero-order chi connectivity index (χ0) is 15.1. The third-order valence-electron chi connectivity index (χ3n) is 3.21. The molecule has 0 atom stereocenters. The fourth-order valence-electron chi connectivity index (χ4n) is 2.14. The van der Waals surface area contributed by atoms with Crippen LogP contribution in [0.3, 0.4) is 0 Å². The van der Waals surface area contributed by atoms with Crippen molar-refractivity contribution < 1.29 is 9.13 Å². The number of nitrogens with zero attached hydrogens (tertiary/aromatic N) is 1. The molecule has 114 valence electrons. The lowest BCUT2D eigenvalue weighted by Crippen LogP contribution is -2.35. The van der Waals surface area contributed by atoms with Crippen LogP contribution in [0, 0.1) is 5.82 Å². The van der Waals surface area contributed by atoms with Crippen LogP contribution in [0.1, 0.15) is 33.3 Å². The van der Waals surface area contributed by atoms with E-state index in [4.69, 9.17) is 4.74 Å². The summed E-state index contributed by atoms with van der Waals surface area (Å²) in [5.41, 5.74) is 2.06. The van der Waals surface area contributed by atoms with Gasteiger partial charge in [-0.25, -0.2) is 4.39 Å². The highest BCUT2D eigenvalue weighted by atomic mass is 19.1. The second kappa shape index (κ2) is 8.22. The Balaban J connectivity index is 2.99. The van der Waals surface area contributed by atoms with Crippen LogP contribution in [0.2, 0.25) is 0 Å². The van der Waals surface area contributed by atoms with Gasteiger partial charge in [-0.3, -0.25) is 0 Å². The number of hydrogen-bond acceptors (Lipinski definition) is 3. The molecule has 0 aliphatic heterocycles. The second-order valence-corrected chi connectivity index (χ2v) is 5.59. The molecule has 0 saturated heterocycles. The summed E-state index contributed by atoms with van der Waals surface area (Å²) in [7, 11) is 1.70. The van der Waals surface area contributed by atoms with Gasteiger partial charge in [0.1, 0.15) is 5.82 Å². The molecule has 1 aromatic carbocycles. The quantitative estimate of drug-likeness (QED) is 0.792. The molecule has 1 N–H and O–H groups in total. The summed E-state index contributed by atoms with van der Waals surface area (Å²) >= 11 is 0. The molecule has 0 bridgehead atoms. The SMILES string of the molecule is COCCN(c1ccc(F)cc1CNC(C)C)C(C)C. The Hall–Kier alpha value is -1.13. The number of nitrogens with one attached hydrogen (secondary N) is 1. The van der Waals surface area contributed by atoms with Crippen molar-refractivity contribution in [2.24, 2.45) is 0 Å². The molecular weight excluding hydrogens is 255 g/mol. The minimum Gasteiger partial charge on any atom is -0.383 e. The smallest absolute Gasteiger partial charge is 0.123 e. The molecule has 0 spiro atoms. The van der Waals surface area contributed by atoms with Crippen LogP contribution < -0.4 is 10.2 Å². The highest BCUT2D eigenvalue weighted by Gasteiger charge is 2.15. The first-order valence-corrected chi connectivity index (χ1v) is 7.23. The monoisotopic (exact) mass is 282 g/mol. The molecule has 1 aromatic rings. The summed E-state index contributed by atoms with van der Waals surface area (Å²) in [4.78, 5) is 2.25. The molecule has 0 aromatic heterocycles. The van der Waals surface area contributed by atoms with Gasteiger partial charge in [-0.1, -0.05) is 13.8 Å². The standard InChI is InChI=1S/C16H27FN2O/c1-12(2)18-11-14-10-15(17)6-7-16(14)19(13(3)4)8-9-20-5/h6-7,10,12-13,18H,8-9,11H2,1-5H3. The van der Waals surface area contributed by atoms with Crippen molar-refractivity contribution in [2.75, 3.05) is 25.2 Å². The van der Waals surface area contributed by atoms with E-state index in [9.17, 15) is 4.39 Å². The maximum absolute atomic E-state index is 13.5.